The number of likely N-dealkylation sites (tertiary alicyclic amines) is 1. The summed E-state index contributed by atoms with van der Waals surface area (Å²) in [4.78, 5) is 14.8. The predicted octanol–water partition coefficient (Wildman–Crippen LogP) is 5.36. The highest BCUT2D eigenvalue weighted by atomic mass is 16.5. The van der Waals surface area contributed by atoms with Crippen LogP contribution in [0.4, 0.5) is 0 Å². The highest BCUT2D eigenvalue weighted by molar-refractivity contribution is 5.97. The lowest BCUT2D eigenvalue weighted by Crippen LogP contribution is -2.41. The molecule has 0 spiro atoms. The Kier molecular flexibility index (Phi) is 5.64. The van der Waals surface area contributed by atoms with E-state index in [-0.39, 0.29) is 5.91 Å². The highest BCUT2D eigenvalue weighted by Crippen LogP contribution is 2.35. The zero-order valence-electron chi connectivity index (χ0n) is 17.4. The average molecular weight is 370 g/mol. The Morgan fingerprint density at radius 1 is 1.26 bits per heavy atom. The Labute approximate surface area is 162 Å². The van der Waals surface area contributed by atoms with Crippen LogP contribution in [0.3, 0.4) is 0 Å². The number of carbonyl (C=O) groups excluding carboxylic acids is 1. The summed E-state index contributed by atoms with van der Waals surface area (Å²) in [6, 6.07) is 4.04. The zero-order chi connectivity index (χ0) is 19.7. The first-order valence-electron chi connectivity index (χ1n) is 9.94. The fourth-order valence-electron chi connectivity index (χ4n) is 4.15. The Balaban J connectivity index is 1.96. The Bertz CT molecular complexity index is 867. The van der Waals surface area contributed by atoms with Gasteiger partial charge in [-0.1, -0.05) is 13.8 Å². The smallest absolute Gasteiger partial charge is 0.246 e. The van der Waals surface area contributed by atoms with Gasteiger partial charge in [0.25, 0.3) is 0 Å². The second kappa shape index (κ2) is 7.79. The van der Waals surface area contributed by atoms with Crippen LogP contribution in [-0.4, -0.2) is 30.5 Å². The van der Waals surface area contributed by atoms with Gasteiger partial charge in [-0.2, -0.15) is 0 Å². The SMILES string of the molecule is CCOc1cc2oc(C)c(C)c2cc1/C(C)=C/C(=O)N1CC(C)CC(C)C1. The lowest BCUT2D eigenvalue weighted by atomic mass is 9.91. The van der Waals surface area contributed by atoms with E-state index in [2.05, 4.69) is 26.8 Å². The first-order valence-corrected chi connectivity index (χ1v) is 9.94. The molecule has 0 N–H and O–H groups in total. The summed E-state index contributed by atoms with van der Waals surface area (Å²) < 4.78 is 11.7. The van der Waals surface area contributed by atoms with Gasteiger partial charge >= 0.3 is 0 Å². The van der Waals surface area contributed by atoms with Gasteiger partial charge in [-0.05, 0) is 63.2 Å². The number of amides is 1. The molecule has 4 heteroatoms. The van der Waals surface area contributed by atoms with Gasteiger partial charge in [0.05, 0.1) is 6.61 Å². The molecule has 0 saturated carbocycles. The summed E-state index contributed by atoms with van der Waals surface area (Å²) in [5, 5.41) is 1.08. The molecule has 0 radical (unpaired) electrons. The van der Waals surface area contributed by atoms with Crippen LogP contribution in [0.2, 0.25) is 0 Å². The first-order chi connectivity index (χ1) is 12.8. The number of benzene rings is 1. The molecule has 2 heterocycles. The van der Waals surface area contributed by atoms with Crippen molar-refractivity contribution >= 4 is 22.4 Å². The van der Waals surface area contributed by atoms with Gasteiger partial charge in [-0.15, -0.1) is 0 Å². The number of nitrogens with zero attached hydrogens (tertiary/aromatic N) is 1. The average Bonchev–Trinajstić information content (AvgIpc) is 2.87. The zero-order valence-corrected chi connectivity index (χ0v) is 17.4. The molecule has 1 amide bonds. The summed E-state index contributed by atoms with van der Waals surface area (Å²) in [6.45, 7) is 14.7. The molecular formula is C23H31NO3. The minimum absolute atomic E-state index is 0.0912. The van der Waals surface area contributed by atoms with Gasteiger partial charge in [0.1, 0.15) is 17.1 Å². The standard InChI is InChI=1S/C23H31NO3/c1-7-26-21-11-22-20(17(5)18(6)27-22)10-19(21)16(4)9-23(25)24-12-14(2)8-15(3)13-24/h9-11,14-15H,7-8,12-13H2,1-6H3/b16-9+. The maximum absolute atomic E-state index is 12.9. The Morgan fingerprint density at radius 2 is 1.93 bits per heavy atom. The second-order valence-corrected chi connectivity index (χ2v) is 8.08. The van der Waals surface area contributed by atoms with E-state index in [0.29, 0.717) is 18.4 Å². The Hall–Kier alpha value is -2.23. The van der Waals surface area contributed by atoms with Gasteiger partial charge in [0.15, 0.2) is 0 Å². The van der Waals surface area contributed by atoms with E-state index >= 15 is 0 Å². The van der Waals surface area contributed by atoms with E-state index in [1.165, 1.54) is 6.42 Å². The molecule has 2 atom stereocenters. The lowest BCUT2D eigenvalue weighted by molar-refractivity contribution is -0.128. The number of rotatable bonds is 4. The van der Waals surface area contributed by atoms with E-state index < -0.39 is 0 Å². The van der Waals surface area contributed by atoms with Gasteiger partial charge < -0.3 is 14.1 Å². The molecule has 1 saturated heterocycles. The van der Waals surface area contributed by atoms with Crippen molar-refractivity contribution in [2.24, 2.45) is 11.8 Å². The van der Waals surface area contributed by atoms with Crippen molar-refractivity contribution < 1.29 is 13.9 Å². The molecule has 146 valence electrons. The maximum atomic E-state index is 12.9. The number of allylic oxidation sites excluding steroid dienone is 1. The second-order valence-electron chi connectivity index (χ2n) is 8.08. The summed E-state index contributed by atoms with van der Waals surface area (Å²) in [6.07, 6.45) is 2.95. The largest absolute Gasteiger partial charge is 0.493 e. The normalized spacial score (nSPS) is 21.0. The molecule has 4 nitrogen and oxygen atoms in total. The summed E-state index contributed by atoms with van der Waals surface area (Å²) in [5.41, 5.74) is 3.84. The van der Waals surface area contributed by atoms with Crippen molar-refractivity contribution in [2.75, 3.05) is 19.7 Å². The lowest BCUT2D eigenvalue weighted by Gasteiger charge is -2.34. The molecular weight excluding hydrogens is 338 g/mol. The molecule has 0 bridgehead atoms. The van der Waals surface area contributed by atoms with Crippen LogP contribution in [-0.2, 0) is 4.79 Å². The molecule has 1 aromatic carbocycles. The Morgan fingerprint density at radius 3 is 2.56 bits per heavy atom. The van der Waals surface area contributed by atoms with Crippen LogP contribution in [0.15, 0.2) is 22.6 Å². The number of piperidine rings is 1. The number of fused-ring (bicyclic) bond motifs is 1. The minimum atomic E-state index is 0.0912. The van der Waals surface area contributed by atoms with Crippen LogP contribution >= 0.6 is 0 Å². The molecule has 1 aliphatic heterocycles. The third-order valence-corrected chi connectivity index (χ3v) is 5.52. The van der Waals surface area contributed by atoms with Gasteiger partial charge in [0.2, 0.25) is 5.91 Å². The van der Waals surface area contributed by atoms with Crippen molar-refractivity contribution in [3.05, 3.63) is 35.1 Å². The van der Waals surface area contributed by atoms with Crippen LogP contribution in [0, 0.1) is 25.7 Å². The van der Waals surface area contributed by atoms with Gasteiger partial charge in [-0.3, -0.25) is 4.79 Å². The fraction of sp³-hybridized carbons (Fsp3) is 0.522. The number of hydrogen-bond donors (Lipinski definition) is 0. The van der Waals surface area contributed by atoms with E-state index in [4.69, 9.17) is 9.15 Å². The van der Waals surface area contributed by atoms with E-state index in [1.807, 2.05) is 31.7 Å². The van der Waals surface area contributed by atoms with Crippen LogP contribution < -0.4 is 4.74 Å². The van der Waals surface area contributed by atoms with Gasteiger partial charge in [0, 0.05) is 36.2 Å². The number of aryl methyl sites for hydroxylation is 2. The van der Waals surface area contributed by atoms with Crippen LogP contribution in [0.1, 0.15) is 51.0 Å². The summed E-state index contributed by atoms with van der Waals surface area (Å²) in [5.74, 6) is 2.88. The third kappa shape index (κ3) is 4.05. The highest BCUT2D eigenvalue weighted by Gasteiger charge is 2.24. The monoisotopic (exact) mass is 369 g/mol. The number of furan rings is 1. The molecule has 2 unspecified atom stereocenters. The van der Waals surface area contributed by atoms with E-state index in [9.17, 15) is 4.79 Å². The van der Waals surface area contributed by atoms with Crippen LogP contribution in [0.5, 0.6) is 5.75 Å². The molecule has 27 heavy (non-hydrogen) atoms. The topological polar surface area (TPSA) is 42.7 Å². The first kappa shape index (κ1) is 19.5. The van der Waals surface area contributed by atoms with Crippen LogP contribution in [0.25, 0.3) is 16.5 Å². The molecule has 1 aromatic heterocycles. The fourth-order valence-corrected chi connectivity index (χ4v) is 4.15. The number of carbonyl (C=O) groups is 1. The number of hydrogen-bond acceptors (Lipinski definition) is 3. The van der Waals surface area contributed by atoms with Crippen molar-refractivity contribution in [3.63, 3.8) is 0 Å². The van der Waals surface area contributed by atoms with E-state index in [0.717, 1.165) is 52.3 Å². The molecule has 1 aliphatic rings. The molecule has 1 fully saturated rings. The molecule has 2 aromatic rings. The van der Waals surface area contributed by atoms with Crippen molar-refractivity contribution in [1.29, 1.82) is 0 Å². The van der Waals surface area contributed by atoms with Crippen molar-refractivity contribution in [2.45, 2.75) is 48.0 Å². The molecule has 3 rings (SSSR count). The van der Waals surface area contributed by atoms with Gasteiger partial charge in [-0.25, -0.2) is 0 Å². The maximum Gasteiger partial charge on any atom is 0.246 e. The third-order valence-electron chi connectivity index (χ3n) is 5.52. The number of ether oxygens (including phenoxy) is 1. The van der Waals surface area contributed by atoms with Crippen molar-refractivity contribution in [3.8, 4) is 5.75 Å². The summed E-state index contributed by atoms with van der Waals surface area (Å²) in [7, 11) is 0. The summed E-state index contributed by atoms with van der Waals surface area (Å²) >= 11 is 0. The predicted molar refractivity (Wildman–Crippen MR) is 110 cm³/mol. The minimum Gasteiger partial charge on any atom is -0.493 e. The van der Waals surface area contributed by atoms with E-state index in [1.54, 1.807) is 6.08 Å². The molecule has 0 aliphatic carbocycles. The quantitative estimate of drug-likeness (QED) is 0.682. The van der Waals surface area contributed by atoms with Crippen molar-refractivity contribution in [1.82, 2.24) is 4.90 Å².